The van der Waals surface area contributed by atoms with Gasteiger partial charge in [0.25, 0.3) is 0 Å². The van der Waals surface area contributed by atoms with Gasteiger partial charge in [0.15, 0.2) is 0 Å². The van der Waals surface area contributed by atoms with Crippen molar-refractivity contribution in [2.24, 2.45) is 5.73 Å². The van der Waals surface area contributed by atoms with E-state index in [0.29, 0.717) is 32.2 Å². The maximum atomic E-state index is 12.5. The zero-order valence-corrected chi connectivity index (χ0v) is 26.9. The van der Waals surface area contributed by atoms with Crippen molar-refractivity contribution in [1.82, 2.24) is 5.32 Å². The Morgan fingerprint density at radius 1 is 0.610 bits per heavy atom. The normalized spacial score (nSPS) is 12.7. The third kappa shape index (κ3) is 27.0. The van der Waals surface area contributed by atoms with E-state index in [-0.39, 0.29) is 18.0 Å². The van der Waals surface area contributed by atoms with E-state index in [9.17, 15) is 19.5 Å². The van der Waals surface area contributed by atoms with Crippen molar-refractivity contribution in [3.8, 4) is 0 Å². The molecular formula is C34H66N2O5. The highest BCUT2D eigenvalue weighted by Gasteiger charge is 2.19. The fraction of sp³-hybridized carbons (Fsp3) is 0.912. The Labute approximate surface area is 252 Å². The average molecular weight is 583 g/mol. The summed E-state index contributed by atoms with van der Waals surface area (Å²) in [5, 5.41) is 11.9. The molecule has 0 aromatic heterocycles. The fourth-order valence-corrected chi connectivity index (χ4v) is 5.27. The molecule has 0 aliphatic carbocycles. The first-order valence-electron chi connectivity index (χ1n) is 17.4. The van der Waals surface area contributed by atoms with Crippen LogP contribution < -0.4 is 11.1 Å². The molecule has 0 radical (unpaired) electrons. The van der Waals surface area contributed by atoms with E-state index >= 15 is 0 Å². The number of nitrogens with one attached hydrogen (secondary N) is 1. The number of carboxylic acids is 1. The Bertz CT molecular complexity index is 628. The minimum absolute atomic E-state index is 0.0272. The van der Waals surface area contributed by atoms with Crippen molar-refractivity contribution in [2.45, 2.75) is 193 Å². The summed E-state index contributed by atoms with van der Waals surface area (Å²) in [6.45, 7) is 4.89. The van der Waals surface area contributed by atoms with Crippen molar-refractivity contribution < 1.29 is 24.2 Å². The molecule has 0 bridgehead atoms. The highest BCUT2D eigenvalue weighted by atomic mass is 16.5. The second kappa shape index (κ2) is 29.8. The van der Waals surface area contributed by atoms with Crippen molar-refractivity contribution in [3.05, 3.63) is 0 Å². The lowest BCUT2D eigenvalue weighted by Gasteiger charge is -2.18. The van der Waals surface area contributed by atoms with Gasteiger partial charge in [-0.1, -0.05) is 117 Å². The third-order valence-corrected chi connectivity index (χ3v) is 7.92. The first kappa shape index (κ1) is 39.4. The third-order valence-electron chi connectivity index (χ3n) is 7.92. The van der Waals surface area contributed by atoms with E-state index in [4.69, 9.17) is 10.5 Å². The number of carbonyl (C=O) groups excluding carboxylic acids is 2. The molecule has 7 nitrogen and oxygen atoms in total. The Balaban J connectivity index is 4.25. The maximum absolute atomic E-state index is 12.5. The summed E-state index contributed by atoms with van der Waals surface area (Å²) in [7, 11) is 0. The Kier molecular flexibility index (Phi) is 28.7. The summed E-state index contributed by atoms with van der Waals surface area (Å²) in [6, 6.07) is -0.849. The molecule has 0 aromatic carbocycles. The molecule has 0 rings (SSSR count). The van der Waals surface area contributed by atoms with Gasteiger partial charge in [0, 0.05) is 12.8 Å². The second-order valence-corrected chi connectivity index (χ2v) is 11.9. The number of rotatable bonds is 31. The summed E-state index contributed by atoms with van der Waals surface area (Å²) in [5.74, 6) is -1.23. The smallest absolute Gasteiger partial charge is 0.326 e. The van der Waals surface area contributed by atoms with Gasteiger partial charge >= 0.3 is 11.9 Å². The largest absolute Gasteiger partial charge is 0.480 e. The van der Waals surface area contributed by atoms with Gasteiger partial charge in [0.05, 0.1) is 0 Å². The fourth-order valence-electron chi connectivity index (χ4n) is 5.27. The molecule has 1 amide bonds. The predicted molar refractivity (Wildman–Crippen MR) is 170 cm³/mol. The number of carbonyl (C=O) groups is 3. The molecular weight excluding hydrogens is 516 g/mol. The molecule has 4 N–H and O–H groups in total. The van der Waals surface area contributed by atoms with Crippen LogP contribution in [0.5, 0.6) is 0 Å². The molecule has 0 spiro atoms. The van der Waals surface area contributed by atoms with Gasteiger partial charge in [-0.25, -0.2) is 4.79 Å². The molecule has 0 aromatic rings. The lowest BCUT2D eigenvalue weighted by molar-refractivity contribution is -0.150. The highest BCUT2D eigenvalue weighted by molar-refractivity contribution is 5.83. The number of hydrogen-bond donors (Lipinski definition) is 3. The monoisotopic (exact) mass is 582 g/mol. The summed E-state index contributed by atoms with van der Waals surface area (Å²) >= 11 is 0. The molecule has 7 heteroatoms. The van der Waals surface area contributed by atoms with Crippen LogP contribution in [0.4, 0.5) is 0 Å². The predicted octanol–water partition coefficient (Wildman–Crippen LogP) is 8.61. The molecule has 0 saturated heterocycles. The Morgan fingerprint density at radius 3 is 1.51 bits per heavy atom. The van der Waals surface area contributed by atoms with E-state index < -0.39 is 12.0 Å². The van der Waals surface area contributed by atoms with Crippen LogP contribution in [-0.2, 0) is 19.1 Å². The topological polar surface area (TPSA) is 119 Å². The van der Waals surface area contributed by atoms with Crippen LogP contribution in [-0.4, -0.2) is 41.6 Å². The van der Waals surface area contributed by atoms with Crippen molar-refractivity contribution in [1.29, 1.82) is 0 Å². The summed E-state index contributed by atoms with van der Waals surface area (Å²) < 4.78 is 5.95. The lowest BCUT2D eigenvalue weighted by Crippen LogP contribution is -2.40. The molecule has 41 heavy (non-hydrogen) atoms. The van der Waals surface area contributed by atoms with Gasteiger partial charge in [-0.3, -0.25) is 9.59 Å². The molecule has 2 atom stereocenters. The number of aliphatic carboxylic acids is 1. The summed E-state index contributed by atoms with van der Waals surface area (Å²) in [5.41, 5.74) is 5.45. The van der Waals surface area contributed by atoms with Crippen LogP contribution in [0.15, 0.2) is 0 Å². The molecule has 0 saturated carbocycles. The van der Waals surface area contributed by atoms with Gasteiger partial charge in [0.2, 0.25) is 5.91 Å². The maximum Gasteiger partial charge on any atom is 0.326 e. The van der Waals surface area contributed by atoms with E-state index in [1.807, 2.05) is 0 Å². The van der Waals surface area contributed by atoms with Gasteiger partial charge in [-0.2, -0.15) is 0 Å². The molecule has 242 valence electrons. The number of nitrogens with two attached hydrogens (primary N) is 1. The number of carboxylic acid groups (broad SMARTS) is 1. The van der Waals surface area contributed by atoms with Crippen LogP contribution >= 0.6 is 0 Å². The minimum Gasteiger partial charge on any atom is -0.480 e. The van der Waals surface area contributed by atoms with E-state index in [1.54, 1.807) is 0 Å². The zero-order valence-electron chi connectivity index (χ0n) is 26.9. The van der Waals surface area contributed by atoms with Gasteiger partial charge in [-0.15, -0.1) is 0 Å². The van der Waals surface area contributed by atoms with E-state index in [2.05, 4.69) is 19.2 Å². The number of esters is 1. The first-order valence-corrected chi connectivity index (χ1v) is 17.4. The van der Waals surface area contributed by atoms with Gasteiger partial charge in [-0.05, 0) is 57.9 Å². The van der Waals surface area contributed by atoms with Crippen molar-refractivity contribution >= 4 is 17.8 Å². The van der Waals surface area contributed by atoms with Crippen LogP contribution in [0.3, 0.4) is 0 Å². The summed E-state index contributed by atoms with van der Waals surface area (Å²) in [6.07, 6.45) is 27.2. The van der Waals surface area contributed by atoms with Crippen LogP contribution in [0.25, 0.3) is 0 Å². The number of amides is 1. The number of ether oxygens (including phenoxy) is 1. The lowest BCUT2D eigenvalue weighted by atomic mass is 10.0. The molecule has 2 unspecified atom stereocenters. The molecule has 0 heterocycles. The SMILES string of the molecule is CCCCCCCCCCC(CCCCCCCC(=O)NC(CCCN)C(=O)O)OC(=O)CCCCCCCCC. The average Bonchev–Trinajstić information content (AvgIpc) is 2.95. The van der Waals surface area contributed by atoms with Gasteiger partial charge in [0.1, 0.15) is 12.1 Å². The number of unbranched alkanes of at least 4 members (excludes halogenated alkanes) is 17. The minimum atomic E-state index is -1.00. The van der Waals surface area contributed by atoms with Gasteiger partial charge < -0.3 is 20.9 Å². The first-order chi connectivity index (χ1) is 19.9. The van der Waals surface area contributed by atoms with Crippen molar-refractivity contribution in [2.75, 3.05) is 6.54 Å². The summed E-state index contributed by atoms with van der Waals surface area (Å²) in [4.78, 5) is 35.9. The Hall–Kier alpha value is -1.63. The molecule has 0 fully saturated rings. The molecule has 0 aliphatic rings. The van der Waals surface area contributed by atoms with Crippen LogP contribution in [0.1, 0.15) is 181 Å². The van der Waals surface area contributed by atoms with E-state index in [0.717, 1.165) is 64.2 Å². The van der Waals surface area contributed by atoms with Crippen LogP contribution in [0, 0.1) is 0 Å². The van der Waals surface area contributed by atoms with E-state index in [1.165, 1.54) is 77.0 Å². The second-order valence-electron chi connectivity index (χ2n) is 11.9. The highest BCUT2D eigenvalue weighted by Crippen LogP contribution is 2.18. The quantitative estimate of drug-likeness (QED) is 0.0556. The Morgan fingerprint density at radius 2 is 1.05 bits per heavy atom. The van der Waals surface area contributed by atoms with Crippen LogP contribution in [0.2, 0.25) is 0 Å². The zero-order chi connectivity index (χ0) is 30.4. The number of hydrogen-bond acceptors (Lipinski definition) is 5. The molecule has 0 aliphatic heterocycles. The van der Waals surface area contributed by atoms with Crippen molar-refractivity contribution in [3.63, 3.8) is 0 Å². The standard InChI is InChI=1S/C34H66N2O5/c1-3-5-7-9-11-13-15-19-24-30(41-33(38)28-22-18-12-10-8-6-4-2)25-20-16-14-17-21-27-32(37)36-31(34(39)40)26-23-29-35/h30-31H,3-29,35H2,1-2H3,(H,36,37)(H,39,40).